The van der Waals surface area contributed by atoms with Crippen LogP contribution in [-0.2, 0) is 23.2 Å². The van der Waals surface area contributed by atoms with Crippen LogP contribution in [0, 0.1) is 0 Å². The average molecular weight is 261 g/mol. The molecule has 2 rings (SSSR count). The fourth-order valence-electron chi connectivity index (χ4n) is 0.961. The van der Waals surface area contributed by atoms with E-state index in [9.17, 15) is 0 Å². The van der Waals surface area contributed by atoms with E-state index in [4.69, 9.17) is 0 Å². The minimum atomic E-state index is -0.534. The van der Waals surface area contributed by atoms with Crippen molar-refractivity contribution in [3.05, 3.63) is 36.7 Å². The molecule has 0 spiro atoms. The number of hydrogen-bond donors (Lipinski definition) is 2. The summed E-state index contributed by atoms with van der Waals surface area (Å²) in [6.07, 6.45) is 3.97. The third-order valence-electron chi connectivity index (χ3n) is 1.47. The van der Waals surface area contributed by atoms with Gasteiger partial charge in [-0.25, -0.2) is 0 Å². The Morgan fingerprint density at radius 2 is 1.31 bits per heavy atom. The predicted molar refractivity (Wildman–Crippen MR) is 40.9 cm³/mol. The Hall–Kier alpha value is -0.697. The maximum atomic E-state index is 3.23. The first-order chi connectivity index (χ1) is 5.45. The van der Waals surface area contributed by atoms with E-state index in [1.807, 2.05) is 12.4 Å². The zero-order chi connectivity index (χ0) is 7.52. The molecule has 68 valence electrons. The first-order valence-corrected chi connectivity index (χ1v) is 5.95. The number of nitrogens with one attached hydrogen (secondary N) is 2. The standard InChI is InChI=1S/2C4H4N.2FH.Zr/c2*1-2-4-5-3-1;;;/h2*1-3,5H;2*1H;/q;;;;+2/p-2. The van der Waals surface area contributed by atoms with Crippen LogP contribution in [-0.4, -0.2) is 9.97 Å². The Kier molecular flexibility index (Phi) is 5.55. The van der Waals surface area contributed by atoms with Crippen LogP contribution in [0.4, 0.5) is 0 Å². The van der Waals surface area contributed by atoms with E-state index in [1.54, 1.807) is 0 Å². The van der Waals surface area contributed by atoms with Gasteiger partial charge in [-0.05, 0) is 0 Å². The van der Waals surface area contributed by atoms with Crippen LogP contribution in [0.3, 0.4) is 0 Å². The third-order valence-corrected chi connectivity index (χ3v) is 4.32. The summed E-state index contributed by atoms with van der Waals surface area (Å²) in [5, 5.41) is 0. The van der Waals surface area contributed by atoms with Crippen LogP contribution >= 0.6 is 0 Å². The maximum absolute atomic E-state index is 3.23. The van der Waals surface area contributed by atoms with Crippen LogP contribution in [0.5, 0.6) is 0 Å². The van der Waals surface area contributed by atoms with Gasteiger partial charge in [-0.2, -0.15) is 0 Å². The second-order valence-corrected chi connectivity index (χ2v) is 5.56. The van der Waals surface area contributed by atoms with Gasteiger partial charge in [0.2, 0.25) is 0 Å². The van der Waals surface area contributed by atoms with Crippen molar-refractivity contribution in [2.24, 2.45) is 0 Å². The molecule has 0 radical (unpaired) electrons. The molecule has 0 saturated heterocycles. The molecule has 2 aromatic heterocycles. The summed E-state index contributed by atoms with van der Waals surface area (Å²) in [5.41, 5.74) is 0. The second-order valence-electron chi connectivity index (χ2n) is 2.29. The fourth-order valence-corrected chi connectivity index (χ4v) is 3.32. The van der Waals surface area contributed by atoms with Crippen molar-refractivity contribution in [1.82, 2.24) is 9.97 Å². The summed E-state index contributed by atoms with van der Waals surface area (Å²) in [5.74, 6) is 0. The van der Waals surface area contributed by atoms with E-state index in [0.717, 1.165) is 0 Å². The first kappa shape index (κ1) is 12.3. The van der Waals surface area contributed by atoms with Gasteiger partial charge in [0.1, 0.15) is 0 Å². The zero-order valence-corrected chi connectivity index (χ0v) is 9.18. The van der Waals surface area contributed by atoms with Gasteiger partial charge in [-0.1, -0.05) is 0 Å². The van der Waals surface area contributed by atoms with E-state index >= 15 is 0 Å². The molecule has 13 heavy (non-hydrogen) atoms. The summed E-state index contributed by atoms with van der Waals surface area (Å²) in [6, 6.07) is 8.43. The van der Waals surface area contributed by atoms with Crippen molar-refractivity contribution in [3.8, 4) is 0 Å². The Labute approximate surface area is 86.1 Å². The number of aromatic amines is 2. The number of H-pyrrole nitrogens is 2. The van der Waals surface area contributed by atoms with Crippen molar-refractivity contribution in [1.29, 1.82) is 0 Å². The van der Waals surface area contributed by atoms with Crippen molar-refractivity contribution in [2.45, 2.75) is 0 Å². The van der Waals surface area contributed by atoms with Crippen molar-refractivity contribution in [3.63, 3.8) is 0 Å². The SMILES string of the molecule is [F-].[F-].c1c[nH][c]([Zr+2][c]2ccc[nH]2)c1. The Bertz CT molecular complexity index is 273. The molecule has 0 atom stereocenters. The number of halogens is 2. The van der Waals surface area contributed by atoms with Gasteiger partial charge in [0.25, 0.3) is 0 Å². The quantitative estimate of drug-likeness (QED) is 0.540. The fraction of sp³-hybridized carbons (Fsp3) is 0. The van der Waals surface area contributed by atoms with Gasteiger partial charge in [0, 0.05) is 0 Å². The average Bonchev–Trinajstić information content (AvgIpc) is 2.60. The number of aromatic nitrogens is 2. The van der Waals surface area contributed by atoms with Crippen LogP contribution in [0.2, 0.25) is 0 Å². The molecule has 0 aliphatic rings. The molecule has 0 saturated carbocycles. The molecule has 0 unspecified atom stereocenters. The Balaban J connectivity index is 0.000000720. The van der Waals surface area contributed by atoms with E-state index < -0.39 is 23.2 Å². The summed E-state index contributed by atoms with van der Waals surface area (Å²) < 4.78 is 2.83. The summed E-state index contributed by atoms with van der Waals surface area (Å²) in [6.45, 7) is 0. The van der Waals surface area contributed by atoms with Gasteiger partial charge in [0.15, 0.2) is 0 Å². The summed E-state index contributed by atoms with van der Waals surface area (Å²) in [4.78, 5) is 6.46. The zero-order valence-electron chi connectivity index (χ0n) is 6.72. The molecule has 0 aromatic carbocycles. The van der Waals surface area contributed by atoms with Crippen LogP contribution in [0.15, 0.2) is 36.7 Å². The molecule has 0 aliphatic heterocycles. The first-order valence-electron chi connectivity index (χ1n) is 3.49. The molecule has 2 aromatic rings. The predicted octanol–water partition coefficient (Wildman–Crippen LogP) is -5.62. The topological polar surface area (TPSA) is 31.6 Å². The normalized spacial score (nSPS) is 8.00. The van der Waals surface area contributed by atoms with E-state index in [-0.39, 0.29) is 9.41 Å². The molecule has 0 aliphatic carbocycles. The van der Waals surface area contributed by atoms with Crippen LogP contribution in [0.25, 0.3) is 0 Å². The van der Waals surface area contributed by atoms with Gasteiger partial charge in [-0.3, -0.25) is 0 Å². The van der Waals surface area contributed by atoms with Gasteiger partial charge in [0.05, 0.1) is 0 Å². The molecular formula is C8H8F2N2Zr. The molecule has 0 amide bonds. The monoisotopic (exact) mass is 260 g/mol. The molecule has 0 fully saturated rings. The molecule has 2 heterocycles. The van der Waals surface area contributed by atoms with Crippen LogP contribution < -0.4 is 16.2 Å². The van der Waals surface area contributed by atoms with E-state index in [1.165, 1.54) is 6.80 Å². The van der Waals surface area contributed by atoms with Gasteiger partial charge >= 0.3 is 76.7 Å². The third kappa shape index (κ3) is 3.27. The number of hydrogen-bond acceptors (Lipinski definition) is 0. The summed E-state index contributed by atoms with van der Waals surface area (Å²) >= 11 is -0.534. The second kappa shape index (κ2) is 5.87. The molecule has 0 bridgehead atoms. The van der Waals surface area contributed by atoms with Crippen molar-refractivity contribution in [2.75, 3.05) is 0 Å². The Morgan fingerprint density at radius 3 is 1.62 bits per heavy atom. The molecule has 2 N–H and O–H groups in total. The minimum absolute atomic E-state index is 0. The summed E-state index contributed by atoms with van der Waals surface area (Å²) in [7, 11) is 0. The van der Waals surface area contributed by atoms with E-state index in [0.29, 0.717) is 0 Å². The van der Waals surface area contributed by atoms with Gasteiger partial charge in [-0.15, -0.1) is 0 Å². The number of rotatable bonds is 2. The van der Waals surface area contributed by atoms with Crippen molar-refractivity contribution >= 4 is 6.80 Å². The molecule has 5 heteroatoms. The Morgan fingerprint density at radius 1 is 0.846 bits per heavy atom. The molecular weight excluding hydrogens is 253 g/mol. The molecule has 2 nitrogen and oxygen atoms in total. The van der Waals surface area contributed by atoms with Crippen molar-refractivity contribution < 1.29 is 32.6 Å². The van der Waals surface area contributed by atoms with E-state index in [2.05, 4.69) is 34.2 Å². The van der Waals surface area contributed by atoms with Crippen LogP contribution in [0.1, 0.15) is 0 Å². The van der Waals surface area contributed by atoms with Gasteiger partial charge < -0.3 is 9.41 Å².